The van der Waals surface area contributed by atoms with Crippen molar-refractivity contribution in [1.29, 1.82) is 0 Å². The fourth-order valence-corrected chi connectivity index (χ4v) is 1.43. The molecule has 1 aromatic heterocycles. The van der Waals surface area contributed by atoms with Crippen LogP contribution in [0.4, 0.5) is 18.9 Å². The van der Waals surface area contributed by atoms with E-state index in [0.717, 1.165) is 20.4 Å². The minimum Gasteiger partial charge on any atom is -0.486 e. The van der Waals surface area contributed by atoms with Gasteiger partial charge in [0.2, 0.25) is 0 Å². The van der Waals surface area contributed by atoms with Crippen molar-refractivity contribution in [2.75, 3.05) is 14.2 Å². The van der Waals surface area contributed by atoms with Gasteiger partial charge in [0, 0.05) is 6.20 Å². The maximum absolute atomic E-state index is 12.2. The Hall–Kier alpha value is -2.59. The molecule has 0 atom stereocenters. The number of hydrogen-bond acceptors (Lipinski definition) is 7. The Morgan fingerprint density at radius 3 is 2.48 bits per heavy atom. The number of halogens is 3. The number of ether oxygens (including phenoxy) is 3. The van der Waals surface area contributed by atoms with Crippen LogP contribution < -0.4 is 9.47 Å². The summed E-state index contributed by atoms with van der Waals surface area (Å²) in [5, 5.41) is 11.0. The van der Waals surface area contributed by atoms with Crippen molar-refractivity contribution >= 4 is 11.7 Å². The van der Waals surface area contributed by atoms with Crippen LogP contribution in [0.2, 0.25) is 0 Å². The molecule has 8 nitrogen and oxygen atoms in total. The zero-order chi connectivity index (χ0) is 16.2. The molecule has 0 unspecified atom stereocenters. The van der Waals surface area contributed by atoms with Crippen LogP contribution in [-0.4, -0.2) is 36.5 Å². The van der Waals surface area contributed by atoms with Crippen LogP contribution in [-0.2, 0) is 16.0 Å². The molecule has 11 heteroatoms. The van der Waals surface area contributed by atoms with E-state index in [9.17, 15) is 28.1 Å². The molecule has 0 radical (unpaired) electrons. The van der Waals surface area contributed by atoms with Gasteiger partial charge in [-0.05, 0) is 0 Å². The first-order valence-corrected chi connectivity index (χ1v) is 5.22. The molecule has 1 aromatic rings. The number of pyridine rings is 1. The van der Waals surface area contributed by atoms with Crippen molar-refractivity contribution in [1.82, 2.24) is 4.98 Å². The number of rotatable bonds is 5. The second kappa shape index (κ2) is 6.24. The Morgan fingerprint density at radius 1 is 1.43 bits per heavy atom. The van der Waals surface area contributed by atoms with Crippen molar-refractivity contribution in [2.24, 2.45) is 0 Å². The molecule has 0 amide bonds. The highest BCUT2D eigenvalue weighted by molar-refractivity contribution is 5.75. The number of nitrogens with zero attached hydrogens (tertiary/aromatic N) is 2. The second-order valence-electron chi connectivity index (χ2n) is 3.53. The molecule has 1 rings (SSSR count). The number of hydrogen-bond donors (Lipinski definition) is 0. The lowest BCUT2D eigenvalue weighted by Gasteiger charge is -2.12. The fraction of sp³-hybridized carbons (Fsp3) is 0.400. The lowest BCUT2D eigenvalue weighted by molar-refractivity contribution is -0.386. The predicted octanol–water partition coefficient (Wildman–Crippen LogP) is 1.61. The van der Waals surface area contributed by atoms with Crippen LogP contribution >= 0.6 is 0 Å². The van der Waals surface area contributed by atoms with Gasteiger partial charge < -0.3 is 14.2 Å². The molecule has 0 aliphatic heterocycles. The van der Waals surface area contributed by atoms with Crippen LogP contribution in [0.25, 0.3) is 0 Å². The zero-order valence-corrected chi connectivity index (χ0v) is 10.8. The Balaban J connectivity index is 3.37. The molecule has 0 spiro atoms. The van der Waals surface area contributed by atoms with Crippen LogP contribution in [0.3, 0.4) is 0 Å². The third-order valence-electron chi connectivity index (χ3n) is 2.21. The molecule has 0 saturated heterocycles. The third kappa shape index (κ3) is 4.19. The SMILES string of the molecule is COC(=O)Cc1cnc(OC(F)(F)F)c(OC)c1[N+](=O)[O-]. The van der Waals surface area contributed by atoms with Gasteiger partial charge in [0.1, 0.15) is 0 Å². The molecule has 0 fully saturated rings. The van der Waals surface area contributed by atoms with Crippen molar-refractivity contribution in [2.45, 2.75) is 12.8 Å². The zero-order valence-electron chi connectivity index (χ0n) is 10.8. The van der Waals surface area contributed by atoms with Gasteiger partial charge in [0.25, 0.3) is 11.6 Å². The summed E-state index contributed by atoms with van der Waals surface area (Å²) in [5.41, 5.74) is -1.12. The summed E-state index contributed by atoms with van der Waals surface area (Å²) in [7, 11) is 1.97. The van der Waals surface area contributed by atoms with Crippen LogP contribution in [0.15, 0.2) is 6.20 Å². The Morgan fingerprint density at radius 2 is 2.05 bits per heavy atom. The first-order valence-electron chi connectivity index (χ1n) is 5.22. The van der Waals surface area contributed by atoms with Crippen molar-refractivity contribution in [3.8, 4) is 11.6 Å². The topological polar surface area (TPSA) is 101 Å². The average Bonchev–Trinajstić information content (AvgIpc) is 2.37. The molecule has 0 N–H and O–H groups in total. The van der Waals surface area contributed by atoms with E-state index in [0.29, 0.717) is 0 Å². The molecule has 116 valence electrons. The quantitative estimate of drug-likeness (QED) is 0.462. The van der Waals surface area contributed by atoms with E-state index >= 15 is 0 Å². The number of alkyl halides is 3. The Labute approximate surface area is 115 Å². The number of esters is 1. The highest BCUT2D eigenvalue weighted by Gasteiger charge is 2.37. The van der Waals surface area contributed by atoms with Gasteiger partial charge in [-0.1, -0.05) is 0 Å². The number of carbonyl (C=O) groups excluding carboxylic acids is 1. The monoisotopic (exact) mass is 310 g/mol. The normalized spacial score (nSPS) is 10.9. The maximum Gasteiger partial charge on any atom is 0.574 e. The molecule has 0 saturated carbocycles. The molecule has 0 aliphatic carbocycles. The predicted molar refractivity (Wildman–Crippen MR) is 59.8 cm³/mol. The van der Waals surface area contributed by atoms with E-state index < -0.39 is 41.0 Å². The van der Waals surface area contributed by atoms with Crippen LogP contribution in [0, 0.1) is 10.1 Å². The summed E-state index contributed by atoms with van der Waals surface area (Å²) in [6.45, 7) is 0. The van der Waals surface area contributed by atoms with Gasteiger partial charge in [-0.2, -0.15) is 0 Å². The first kappa shape index (κ1) is 16.5. The summed E-state index contributed by atoms with van der Waals surface area (Å²) in [5.74, 6) is -2.78. The van der Waals surface area contributed by atoms with E-state index in [4.69, 9.17) is 0 Å². The van der Waals surface area contributed by atoms with Crippen molar-refractivity contribution in [3.63, 3.8) is 0 Å². The van der Waals surface area contributed by atoms with Gasteiger partial charge in [-0.15, -0.1) is 13.2 Å². The standard InChI is InChI=1S/C10H9F3N2O6/c1-19-6(16)3-5-4-14-9(21-10(11,12)13)8(20-2)7(5)15(17)18/h4H,3H2,1-2H3. The van der Waals surface area contributed by atoms with Gasteiger partial charge >= 0.3 is 18.0 Å². The molecule has 0 aromatic carbocycles. The summed E-state index contributed by atoms with van der Waals surface area (Å²) < 4.78 is 49.0. The Kier molecular flexibility index (Phi) is 4.89. The molecule has 21 heavy (non-hydrogen) atoms. The highest BCUT2D eigenvalue weighted by Crippen LogP contribution is 2.40. The summed E-state index contributed by atoms with van der Waals surface area (Å²) in [4.78, 5) is 24.4. The molecule has 0 aliphatic rings. The number of aromatic nitrogens is 1. The largest absolute Gasteiger partial charge is 0.574 e. The maximum atomic E-state index is 12.2. The third-order valence-corrected chi connectivity index (χ3v) is 2.21. The second-order valence-corrected chi connectivity index (χ2v) is 3.53. The number of methoxy groups -OCH3 is 2. The lowest BCUT2D eigenvalue weighted by atomic mass is 10.1. The van der Waals surface area contributed by atoms with Crippen LogP contribution in [0.5, 0.6) is 11.6 Å². The molecular formula is C10H9F3N2O6. The first-order chi connectivity index (χ1) is 9.69. The number of carbonyl (C=O) groups is 1. The summed E-state index contributed by atoms with van der Waals surface area (Å²) >= 11 is 0. The Bertz CT molecular complexity index is 560. The van der Waals surface area contributed by atoms with Crippen LogP contribution in [0.1, 0.15) is 5.56 Å². The minimum absolute atomic E-state index is 0.266. The summed E-state index contributed by atoms with van der Waals surface area (Å²) in [6.07, 6.45) is -4.93. The molecule has 0 bridgehead atoms. The smallest absolute Gasteiger partial charge is 0.486 e. The molecular weight excluding hydrogens is 301 g/mol. The van der Waals surface area contributed by atoms with Gasteiger partial charge in [-0.3, -0.25) is 14.9 Å². The fourth-order valence-electron chi connectivity index (χ4n) is 1.43. The van der Waals surface area contributed by atoms with Gasteiger partial charge in [0.15, 0.2) is 0 Å². The van der Waals surface area contributed by atoms with E-state index in [1.54, 1.807) is 0 Å². The average molecular weight is 310 g/mol. The van der Waals surface area contributed by atoms with E-state index in [1.807, 2.05) is 0 Å². The van der Waals surface area contributed by atoms with E-state index in [-0.39, 0.29) is 5.56 Å². The molecule has 1 heterocycles. The lowest BCUT2D eigenvalue weighted by Crippen LogP contribution is -2.19. The summed E-state index contributed by atoms with van der Waals surface area (Å²) in [6, 6.07) is 0. The van der Waals surface area contributed by atoms with E-state index in [1.165, 1.54) is 0 Å². The van der Waals surface area contributed by atoms with Crippen molar-refractivity contribution < 1.29 is 37.1 Å². The van der Waals surface area contributed by atoms with E-state index in [2.05, 4.69) is 19.2 Å². The van der Waals surface area contributed by atoms with Crippen molar-refractivity contribution in [3.05, 3.63) is 21.9 Å². The van der Waals surface area contributed by atoms with Gasteiger partial charge in [0.05, 0.1) is 31.1 Å². The number of nitro groups is 1. The highest BCUT2D eigenvalue weighted by atomic mass is 19.4. The minimum atomic E-state index is -5.10. The van der Waals surface area contributed by atoms with Gasteiger partial charge in [-0.25, -0.2) is 4.98 Å².